The number of hydrogen-bond donors (Lipinski definition) is 0. The first-order valence-corrected chi connectivity index (χ1v) is 12.4. The fourth-order valence-corrected chi connectivity index (χ4v) is 5.37. The molecule has 1 saturated heterocycles. The van der Waals surface area contributed by atoms with Gasteiger partial charge in [-0.25, -0.2) is 0 Å². The number of rotatable bonds is 6. The maximum absolute atomic E-state index is 13.0. The predicted octanol–water partition coefficient (Wildman–Crippen LogP) is 5.16. The molecule has 0 bridgehead atoms. The van der Waals surface area contributed by atoms with Crippen LogP contribution in [0.5, 0.6) is 5.75 Å². The highest BCUT2D eigenvalue weighted by Gasteiger charge is 2.32. The highest BCUT2D eigenvalue weighted by Crippen LogP contribution is 2.36. The van der Waals surface area contributed by atoms with Gasteiger partial charge in [0.1, 0.15) is 15.0 Å². The molecule has 8 heteroatoms. The molecule has 0 unspecified atom stereocenters. The normalized spacial score (nSPS) is 15.4. The van der Waals surface area contributed by atoms with Crippen molar-refractivity contribution in [2.24, 2.45) is 0 Å². The molecular formula is C24H19NO4S3. The van der Waals surface area contributed by atoms with Crippen molar-refractivity contribution in [3.63, 3.8) is 0 Å². The first-order chi connectivity index (χ1) is 15.3. The van der Waals surface area contributed by atoms with Crippen molar-refractivity contribution >= 4 is 50.4 Å². The molecular weight excluding hydrogens is 462 g/mol. The van der Waals surface area contributed by atoms with Gasteiger partial charge >= 0.3 is 10.1 Å². The average molecular weight is 482 g/mol. The van der Waals surface area contributed by atoms with E-state index in [-0.39, 0.29) is 16.6 Å². The van der Waals surface area contributed by atoms with Gasteiger partial charge in [-0.1, -0.05) is 84.1 Å². The standard InChI is InChI=1S/C24H19NO4S3/c1-17-12-13-21(29-32(27,28)20-10-6-3-7-11-20)19(14-17)15-22-23(26)25(24(30)31-22)16-18-8-4-2-5-9-18/h2-15H,16H2,1H3/b22-15-. The van der Waals surface area contributed by atoms with Crippen LogP contribution in [0.2, 0.25) is 0 Å². The minimum absolute atomic E-state index is 0.0562. The summed E-state index contributed by atoms with van der Waals surface area (Å²) in [6, 6.07) is 22.7. The van der Waals surface area contributed by atoms with Gasteiger partial charge in [0.15, 0.2) is 0 Å². The minimum Gasteiger partial charge on any atom is -0.378 e. The SMILES string of the molecule is Cc1ccc(OS(=O)(=O)c2ccccc2)c(/C=C2\SC(=S)N(Cc3ccccc3)C2=O)c1. The van der Waals surface area contributed by atoms with Crippen LogP contribution in [0.15, 0.2) is 88.7 Å². The van der Waals surface area contributed by atoms with Gasteiger partial charge in [0, 0.05) is 5.56 Å². The van der Waals surface area contributed by atoms with Gasteiger partial charge in [0.25, 0.3) is 5.91 Å². The average Bonchev–Trinajstić information content (AvgIpc) is 3.04. The molecule has 1 fully saturated rings. The van der Waals surface area contributed by atoms with Gasteiger partial charge < -0.3 is 4.18 Å². The van der Waals surface area contributed by atoms with E-state index in [2.05, 4.69) is 0 Å². The molecule has 4 rings (SSSR count). The maximum Gasteiger partial charge on any atom is 0.339 e. The predicted molar refractivity (Wildman–Crippen MR) is 131 cm³/mol. The van der Waals surface area contributed by atoms with E-state index in [1.807, 2.05) is 37.3 Å². The molecule has 0 atom stereocenters. The Morgan fingerprint density at radius 3 is 2.34 bits per heavy atom. The monoisotopic (exact) mass is 481 g/mol. The largest absolute Gasteiger partial charge is 0.378 e. The third-order valence-electron chi connectivity index (χ3n) is 4.74. The molecule has 1 aliphatic rings. The molecule has 1 amide bonds. The Bertz CT molecular complexity index is 1300. The third kappa shape index (κ3) is 4.93. The fourth-order valence-electron chi connectivity index (χ4n) is 3.15. The van der Waals surface area contributed by atoms with Crippen LogP contribution in [0.4, 0.5) is 0 Å². The van der Waals surface area contributed by atoms with E-state index in [0.717, 1.165) is 11.1 Å². The van der Waals surface area contributed by atoms with E-state index in [9.17, 15) is 13.2 Å². The number of thioether (sulfide) groups is 1. The second-order valence-electron chi connectivity index (χ2n) is 7.15. The summed E-state index contributed by atoms with van der Waals surface area (Å²) in [4.78, 5) is 15.0. The Balaban J connectivity index is 1.63. The van der Waals surface area contributed by atoms with Crippen molar-refractivity contribution in [2.45, 2.75) is 18.4 Å². The summed E-state index contributed by atoms with van der Waals surface area (Å²) in [5.41, 5.74) is 2.36. The molecule has 1 heterocycles. The van der Waals surface area contributed by atoms with Crippen LogP contribution < -0.4 is 4.18 Å². The van der Waals surface area contributed by atoms with Crippen LogP contribution in [-0.2, 0) is 21.5 Å². The number of nitrogens with zero attached hydrogens (tertiary/aromatic N) is 1. The summed E-state index contributed by atoms with van der Waals surface area (Å²) >= 11 is 6.61. The lowest BCUT2D eigenvalue weighted by atomic mass is 10.1. The molecule has 3 aromatic rings. The van der Waals surface area contributed by atoms with E-state index < -0.39 is 10.1 Å². The molecule has 32 heavy (non-hydrogen) atoms. The van der Waals surface area contributed by atoms with E-state index in [0.29, 0.717) is 21.3 Å². The Morgan fingerprint density at radius 2 is 1.66 bits per heavy atom. The van der Waals surface area contributed by atoms with Crippen molar-refractivity contribution in [3.05, 3.63) is 100 Å². The second-order valence-corrected chi connectivity index (χ2v) is 10.4. The number of thiocarbonyl (C=S) groups is 1. The molecule has 0 radical (unpaired) electrons. The lowest BCUT2D eigenvalue weighted by molar-refractivity contribution is -0.122. The van der Waals surface area contributed by atoms with E-state index in [1.54, 1.807) is 42.5 Å². The lowest BCUT2D eigenvalue weighted by Crippen LogP contribution is -2.27. The molecule has 0 saturated carbocycles. The van der Waals surface area contributed by atoms with Crippen molar-refractivity contribution in [1.29, 1.82) is 0 Å². The minimum atomic E-state index is -4.02. The number of carbonyl (C=O) groups excluding carboxylic acids is 1. The Kier molecular flexibility index (Phi) is 6.45. The number of hydrogen-bond acceptors (Lipinski definition) is 6. The topological polar surface area (TPSA) is 63.7 Å². The molecule has 0 aliphatic carbocycles. The second kappa shape index (κ2) is 9.28. The molecule has 5 nitrogen and oxygen atoms in total. The summed E-state index contributed by atoms with van der Waals surface area (Å²) in [5.74, 6) is -0.0741. The van der Waals surface area contributed by atoms with Gasteiger partial charge in [0.05, 0.1) is 11.4 Å². The zero-order valence-electron chi connectivity index (χ0n) is 17.1. The molecule has 162 valence electrons. The number of carbonyl (C=O) groups is 1. The first kappa shape index (κ1) is 22.3. The van der Waals surface area contributed by atoms with Crippen molar-refractivity contribution in [1.82, 2.24) is 4.90 Å². The zero-order valence-corrected chi connectivity index (χ0v) is 19.5. The van der Waals surface area contributed by atoms with Crippen molar-refractivity contribution in [2.75, 3.05) is 0 Å². The van der Waals surface area contributed by atoms with Crippen LogP contribution in [0, 0.1) is 6.92 Å². The highest BCUT2D eigenvalue weighted by molar-refractivity contribution is 8.26. The van der Waals surface area contributed by atoms with Crippen LogP contribution in [0.25, 0.3) is 6.08 Å². The summed E-state index contributed by atoms with van der Waals surface area (Å²) in [7, 11) is -4.02. The zero-order chi connectivity index (χ0) is 22.7. The lowest BCUT2D eigenvalue weighted by Gasteiger charge is -2.14. The highest BCUT2D eigenvalue weighted by atomic mass is 32.2. The number of amides is 1. The van der Waals surface area contributed by atoms with Gasteiger partial charge in [-0.3, -0.25) is 9.69 Å². The third-order valence-corrected chi connectivity index (χ3v) is 7.37. The van der Waals surface area contributed by atoms with Gasteiger partial charge in [-0.2, -0.15) is 8.42 Å². The summed E-state index contributed by atoms with van der Waals surface area (Å²) in [5, 5.41) is 0. The van der Waals surface area contributed by atoms with Crippen LogP contribution >= 0.6 is 24.0 Å². The number of aryl methyl sites for hydroxylation is 1. The van der Waals surface area contributed by atoms with E-state index in [1.165, 1.54) is 28.8 Å². The smallest absolute Gasteiger partial charge is 0.339 e. The molecule has 1 aliphatic heterocycles. The first-order valence-electron chi connectivity index (χ1n) is 9.73. The quantitative estimate of drug-likeness (QED) is 0.275. The van der Waals surface area contributed by atoms with E-state index in [4.69, 9.17) is 16.4 Å². The number of benzene rings is 3. The van der Waals surface area contributed by atoms with Crippen LogP contribution in [-0.4, -0.2) is 23.5 Å². The van der Waals surface area contributed by atoms with E-state index >= 15 is 0 Å². The van der Waals surface area contributed by atoms with Crippen LogP contribution in [0.3, 0.4) is 0 Å². The molecule has 3 aromatic carbocycles. The Morgan fingerprint density at radius 1 is 1.00 bits per heavy atom. The Hall–Kier alpha value is -2.94. The molecule has 0 spiro atoms. The maximum atomic E-state index is 13.0. The van der Waals surface area contributed by atoms with Crippen molar-refractivity contribution in [3.8, 4) is 5.75 Å². The Labute approximate surface area is 196 Å². The van der Waals surface area contributed by atoms with Crippen LogP contribution in [0.1, 0.15) is 16.7 Å². The van der Waals surface area contributed by atoms with Gasteiger partial charge in [0.2, 0.25) is 0 Å². The summed E-state index contributed by atoms with van der Waals surface area (Å²) in [6.45, 7) is 2.26. The fraction of sp³-hybridized carbons (Fsp3) is 0.0833. The van der Waals surface area contributed by atoms with Crippen molar-refractivity contribution < 1.29 is 17.4 Å². The summed E-state index contributed by atoms with van der Waals surface area (Å²) in [6.07, 6.45) is 1.63. The van der Waals surface area contributed by atoms with Gasteiger partial charge in [-0.15, -0.1) is 0 Å². The van der Waals surface area contributed by atoms with Gasteiger partial charge in [-0.05, 0) is 42.8 Å². The molecule has 0 N–H and O–H groups in total. The molecule has 0 aromatic heterocycles. The summed E-state index contributed by atoms with van der Waals surface area (Å²) < 4.78 is 31.3.